The van der Waals surface area contributed by atoms with Gasteiger partial charge in [-0.05, 0) is 41.7 Å². The topological polar surface area (TPSA) is 48.2 Å². The quantitative estimate of drug-likeness (QED) is 0.611. The number of hydrogen-bond acceptors (Lipinski definition) is 4. The van der Waals surface area contributed by atoms with Crippen LogP contribution in [0, 0.1) is 0 Å². The predicted molar refractivity (Wildman–Crippen MR) is 98.5 cm³/mol. The number of ether oxygens (including phenoxy) is 1. The first-order valence-electron chi connectivity index (χ1n) is 8.63. The summed E-state index contributed by atoms with van der Waals surface area (Å²) >= 11 is 0. The van der Waals surface area contributed by atoms with Gasteiger partial charge in [0.1, 0.15) is 5.75 Å². The molecule has 0 amide bonds. The highest BCUT2D eigenvalue weighted by molar-refractivity contribution is 5.53. The molecule has 130 valence electrons. The Balaban J connectivity index is 1.79. The lowest BCUT2D eigenvalue weighted by Gasteiger charge is -2.18. The van der Waals surface area contributed by atoms with Crippen LogP contribution in [0.1, 0.15) is 51.7 Å². The zero-order valence-electron chi connectivity index (χ0n) is 15.2. The molecule has 1 unspecified atom stereocenters. The molecular formula is C21H24N2O2. The summed E-state index contributed by atoms with van der Waals surface area (Å²) in [5.74, 6) is 1.82. The normalized spacial score (nSPS) is 12.8. The van der Waals surface area contributed by atoms with Crippen molar-refractivity contribution >= 4 is 0 Å². The molecule has 0 spiro atoms. The van der Waals surface area contributed by atoms with Crippen LogP contribution >= 0.6 is 0 Å². The molecule has 1 heterocycles. The molecule has 0 saturated heterocycles. The molecule has 0 aliphatic heterocycles. The summed E-state index contributed by atoms with van der Waals surface area (Å²) in [7, 11) is 0. The molecule has 1 aromatic heterocycles. The van der Waals surface area contributed by atoms with Crippen molar-refractivity contribution in [3.8, 4) is 17.2 Å². The summed E-state index contributed by atoms with van der Waals surface area (Å²) in [6, 6.07) is 18.0. The van der Waals surface area contributed by atoms with Crippen LogP contribution in [0.2, 0.25) is 0 Å². The van der Waals surface area contributed by atoms with Crippen molar-refractivity contribution in [2.24, 2.45) is 0 Å². The van der Waals surface area contributed by atoms with Crippen LogP contribution in [-0.4, -0.2) is 10.2 Å². The highest BCUT2D eigenvalue weighted by atomic mass is 16.5. The van der Waals surface area contributed by atoms with Crippen LogP contribution in [0.4, 0.5) is 0 Å². The third-order valence-electron chi connectivity index (χ3n) is 4.11. The third-order valence-corrected chi connectivity index (χ3v) is 4.11. The Bertz CT molecular complexity index is 802. The molecule has 0 aliphatic rings. The zero-order chi connectivity index (χ0) is 17.9. The molecule has 3 aromatic rings. The summed E-state index contributed by atoms with van der Waals surface area (Å²) in [6.07, 6.45) is 0.497. The van der Waals surface area contributed by atoms with E-state index < -0.39 is 0 Å². The lowest BCUT2D eigenvalue weighted by Crippen LogP contribution is -2.10. The van der Waals surface area contributed by atoms with Gasteiger partial charge in [0, 0.05) is 5.56 Å². The molecule has 0 radical (unpaired) electrons. The molecule has 2 aromatic carbocycles. The number of para-hydroxylation sites is 1. The van der Waals surface area contributed by atoms with Crippen molar-refractivity contribution in [3.05, 3.63) is 66.1 Å². The summed E-state index contributed by atoms with van der Waals surface area (Å²) < 4.78 is 11.8. The number of nitrogens with zero attached hydrogens (tertiary/aromatic N) is 2. The maximum atomic E-state index is 5.97. The van der Waals surface area contributed by atoms with Gasteiger partial charge in [-0.25, -0.2) is 0 Å². The van der Waals surface area contributed by atoms with Gasteiger partial charge in [-0.2, -0.15) is 0 Å². The van der Waals surface area contributed by atoms with E-state index in [9.17, 15) is 0 Å². The zero-order valence-corrected chi connectivity index (χ0v) is 15.2. The maximum absolute atomic E-state index is 5.97. The van der Waals surface area contributed by atoms with E-state index in [1.54, 1.807) is 0 Å². The van der Waals surface area contributed by atoms with Crippen LogP contribution in [0.15, 0.2) is 59.0 Å². The smallest absolute Gasteiger partial charge is 0.257 e. The molecule has 4 nitrogen and oxygen atoms in total. The van der Waals surface area contributed by atoms with E-state index in [1.165, 1.54) is 5.56 Å². The minimum atomic E-state index is -0.252. The van der Waals surface area contributed by atoms with Gasteiger partial charge in [-0.3, -0.25) is 0 Å². The van der Waals surface area contributed by atoms with E-state index in [-0.39, 0.29) is 11.5 Å². The van der Waals surface area contributed by atoms with Gasteiger partial charge in [0.2, 0.25) is 5.89 Å². The van der Waals surface area contributed by atoms with Crippen LogP contribution in [0.25, 0.3) is 11.5 Å². The van der Waals surface area contributed by atoms with Crippen LogP contribution in [0.5, 0.6) is 5.75 Å². The number of hydrogen-bond donors (Lipinski definition) is 0. The monoisotopic (exact) mass is 336 g/mol. The van der Waals surface area contributed by atoms with Crippen molar-refractivity contribution in [1.29, 1.82) is 0 Å². The van der Waals surface area contributed by atoms with Crippen molar-refractivity contribution in [3.63, 3.8) is 0 Å². The first-order chi connectivity index (χ1) is 12.0. The standard InChI is InChI=1S/C21H24N2O2/c1-5-18(24-17-9-7-6-8-10-17)20-23-22-19(25-20)15-11-13-16(14-12-15)21(2,3)4/h6-14,18H,5H2,1-4H3. The highest BCUT2D eigenvalue weighted by Gasteiger charge is 2.20. The number of aromatic nitrogens is 2. The lowest BCUT2D eigenvalue weighted by molar-refractivity contribution is 0.166. The minimum Gasteiger partial charge on any atom is -0.481 e. The van der Waals surface area contributed by atoms with Gasteiger partial charge >= 0.3 is 0 Å². The first-order valence-corrected chi connectivity index (χ1v) is 8.63. The first kappa shape index (κ1) is 17.2. The molecule has 4 heteroatoms. The molecule has 0 N–H and O–H groups in total. The van der Waals surface area contributed by atoms with Gasteiger partial charge < -0.3 is 9.15 Å². The second-order valence-electron chi connectivity index (χ2n) is 7.10. The maximum Gasteiger partial charge on any atom is 0.257 e. The van der Waals surface area contributed by atoms with Gasteiger partial charge in [0.15, 0.2) is 6.10 Å². The molecule has 25 heavy (non-hydrogen) atoms. The molecule has 0 fully saturated rings. The van der Waals surface area contributed by atoms with Crippen LogP contribution < -0.4 is 4.74 Å². The van der Waals surface area contributed by atoms with E-state index in [1.807, 2.05) is 49.4 Å². The molecular weight excluding hydrogens is 312 g/mol. The van der Waals surface area contributed by atoms with Gasteiger partial charge in [-0.15, -0.1) is 10.2 Å². The van der Waals surface area contributed by atoms with E-state index in [4.69, 9.17) is 9.15 Å². The van der Waals surface area contributed by atoms with Crippen molar-refractivity contribution in [2.75, 3.05) is 0 Å². The third kappa shape index (κ3) is 4.08. The van der Waals surface area contributed by atoms with Gasteiger partial charge in [-0.1, -0.05) is 58.0 Å². The van der Waals surface area contributed by atoms with Crippen molar-refractivity contribution in [2.45, 2.75) is 45.6 Å². The Morgan fingerprint density at radius 1 is 0.960 bits per heavy atom. The Morgan fingerprint density at radius 2 is 1.64 bits per heavy atom. The Hall–Kier alpha value is -2.62. The fourth-order valence-corrected chi connectivity index (χ4v) is 2.57. The fraction of sp³-hybridized carbons (Fsp3) is 0.333. The van der Waals surface area contributed by atoms with Crippen molar-refractivity contribution < 1.29 is 9.15 Å². The van der Waals surface area contributed by atoms with E-state index in [0.717, 1.165) is 17.7 Å². The largest absolute Gasteiger partial charge is 0.481 e. The minimum absolute atomic E-state index is 0.120. The lowest BCUT2D eigenvalue weighted by atomic mass is 9.87. The van der Waals surface area contributed by atoms with Gasteiger partial charge in [0.05, 0.1) is 0 Å². The number of benzene rings is 2. The summed E-state index contributed by atoms with van der Waals surface area (Å²) in [4.78, 5) is 0. The van der Waals surface area contributed by atoms with Crippen LogP contribution in [0.3, 0.4) is 0 Å². The Kier molecular flexibility index (Phi) is 4.88. The Labute approximate surface area is 148 Å². The molecule has 3 rings (SSSR count). The molecule has 0 saturated carbocycles. The van der Waals surface area contributed by atoms with E-state index >= 15 is 0 Å². The predicted octanol–water partition coefficient (Wildman–Crippen LogP) is 5.56. The second kappa shape index (κ2) is 7.09. The van der Waals surface area contributed by atoms with Gasteiger partial charge in [0.25, 0.3) is 5.89 Å². The highest BCUT2D eigenvalue weighted by Crippen LogP contribution is 2.28. The van der Waals surface area contributed by atoms with E-state index in [0.29, 0.717) is 11.8 Å². The summed E-state index contributed by atoms with van der Waals surface area (Å²) in [5.41, 5.74) is 2.31. The average Bonchev–Trinajstić information content (AvgIpc) is 3.10. The number of rotatable bonds is 5. The SMILES string of the molecule is CCC(Oc1ccccc1)c1nnc(-c2ccc(C(C)(C)C)cc2)o1. The Morgan fingerprint density at radius 3 is 2.24 bits per heavy atom. The second-order valence-corrected chi connectivity index (χ2v) is 7.10. The average molecular weight is 336 g/mol. The summed E-state index contributed by atoms with van der Waals surface area (Å²) in [6.45, 7) is 8.62. The molecule has 1 atom stereocenters. The fourth-order valence-electron chi connectivity index (χ4n) is 2.57. The molecule has 0 bridgehead atoms. The molecule has 0 aliphatic carbocycles. The van der Waals surface area contributed by atoms with Crippen LogP contribution in [-0.2, 0) is 5.41 Å². The van der Waals surface area contributed by atoms with Crippen molar-refractivity contribution in [1.82, 2.24) is 10.2 Å². The van der Waals surface area contributed by atoms with E-state index in [2.05, 4.69) is 43.1 Å². The summed E-state index contributed by atoms with van der Waals surface area (Å²) in [5, 5.41) is 8.38.